The molecule has 1 fully saturated rings. The highest BCUT2D eigenvalue weighted by Gasteiger charge is 2.45. The number of rotatable bonds is 4. The number of aliphatic hydroxyl groups excluding tert-OH is 4. The number of aromatic carboxylic acids is 1. The van der Waals surface area contributed by atoms with Crippen LogP contribution in [-0.2, 0) is 4.74 Å². The van der Waals surface area contributed by atoms with E-state index in [2.05, 4.69) is 0 Å². The third-order valence-electron chi connectivity index (χ3n) is 6.03. The van der Waals surface area contributed by atoms with Crippen molar-refractivity contribution < 1.29 is 35.1 Å². The van der Waals surface area contributed by atoms with E-state index in [4.69, 9.17) is 4.74 Å². The highest BCUT2D eigenvalue weighted by molar-refractivity contribution is 6.00. The molecule has 0 radical (unpaired) electrons. The zero-order valence-electron chi connectivity index (χ0n) is 17.1. The van der Waals surface area contributed by atoms with E-state index < -0.39 is 43.2 Å². The van der Waals surface area contributed by atoms with Gasteiger partial charge in [0.2, 0.25) is 0 Å². The number of benzene rings is 2. The van der Waals surface area contributed by atoms with Gasteiger partial charge >= 0.3 is 5.97 Å². The third kappa shape index (κ3) is 3.42. The van der Waals surface area contributed by atoms with Crippen molar-refractivity contribution in [2.24, 2.45) is 0 Å². The first-order valence-corrected chi connectivity index (χ1v) is 10.0. The largest absolute Gasteiger partial charge is 0.478 e. The predicted molar refractivity (Wildman–Crippen MR) is 113 cm³/mol. The Balaban J connectivity index is 1.93. The first-order chi connectivity index (χ1) is 14.8. The Labute approximate surface area is 178 Å². The lowest BCUT2D eigenvalue weighted by Crippen LogP contribution is -2.56. The number of aliphatic hydroxyl groups is 4. The average Bonchev–Trinajstić information content (AvgIpc) is 3.05. The van der Waals surface area contributed by atoms with Crippen LogP contribution in [0.2, 0.25) is 0 Å². The number of carboxylic acid groups (broad SMARTS) is 1. The summed E-state index contributed by atoms with van der Waals surface area (Å²) in [6, 6.07) is 12.2. The molecule has 8 nitrogen and oxygen atoms in total. The summed E-state index contributed by atoms with van der Waals surface area (Å²) in [6.07, 6.45) is -6.41. The van der Waals surface area contributed by atoms with Crippen molar-refractivity contribution in [2.75, 3.05) is 6.61 Å². The molecule has 5 N–H and O–H groups in total. The number of fused-ring (bicyclic) bond motifs is 1. The van der Waals surface area contributed by atoms with Gasteiger partial charge < -0.3 is 34.8 Å². The molecule has 1 saturated heterocycles. The van der Waals surface area contributed by atoms with Gasteiger partial charge in [-0.3, -0.25) is 0 Å². The minimum absolute atomic E-state index is 0.177. The SMILES string of the molecule is Cc1cccc2c1c(-c1ccc(C(=O)O)cc1)c(C)n2[C@@H]1O[C@H](CO)[C@@H](O)[C@H](O)[C@H]1O. The molecule has 1 aliphatic rings. The number of carboxylic acids is 1. The van der Waals surface area contributed by atoms with Crippen molar-refractivity contribution in [2.45, 2.75) is 44.5 Å². The van der Waals surface area contributed by atoms with Crippen molar-refractivity contribution >= 4 is 16.9 Å². The van der Waals surface area contributed by atoms with Gasteiger partial charge in [-0.2, -0.15) is 0 Å². The Morgan fingerprint density at radius 2 is 1.68 bits per heavy atom. The van der Waals surface area contributed by atoms with Gasteiger partial charge in [0, 0.05) is 16.6 Å². The van der Waals surface area contributed by atoms with Crippen LogP contribution in [0.5, 0.6) is 0 Å². The minimum Gasteiger partial charge on any atom is -0.478 e. The summed E-state index contributed by atoms with van der Waals surface area (Å²) in [6.45, 7) is 3.29. The predicted octanol–water partition coefficient (Wildman–Crippen LogP) is 1.60. The fraction of sp³-hybridized carbons (Fsp3) is 0.348. The Morgan fingerprint density at radius 3 is 2.29 bits per heavy atom. The summed E-state index contributed by atoms with van der Waals surface area (Å²) in [7, 11) is 0. The van der Waals surface area contributed by atoms with Crippen molar-refractivity contribution in [1.29, 1.82) is 0 Å². The van der Waals surface area contributed by atoms with Crippen LogP contribution in [0, 0.1) is 13.8 Å². The molecule has 1 aromatic heterocycles. The van der Waals surface area contributed by atoms with Gasteiger partial charge in [-0.25, -0.2) is 4.79 Å². The maximum Gasteiger partial charge on any atom is 0.335 e. The number of hydrogen-bond donors (Lipinski definition) is 5. The molecular weight excluding hydrogens is 402 g/mol. The lowest BCUT2D eigenvalue weighted by Gasteiger charge is -2.41. The molecule has 0 saturated carbocycles. The van der Waals surface area contributed by atoms with Gasteiger partial charge in [-0.15, -0.1) is 0 Å². The fourth-order valence-corrected chi connectivity index (χ4v) is 4.42. The summed E-state index contributed by atoms with van der Waals surface area (Å²) in [5.41, 5.74) is 4.28. The molecule has 1 aliphatic heterocycles. The van der Waals surface area contributed by atoms with Gasteiger partial charge in [0.15, 0.2) is 6.23 Å². The lowest BCUT2D eigenvalue weighted by molar-refractivity contribution is -0.250. The molecule has 8 heteroatoms. The van der Waals surface area contributed by atoms with E-state index in [1.807, 2.05) is 32.0 Å². The van der Waals surface area contributed by atoms with Crippen LogP contribution in [-0.4, -0.2) is 67.1 Å². The van der Waals surface area contributed by atoms with Crippen LogP contribution in [0.1, 0.15) is 27.8 Å². The van der Waals surface area contributed by atoms with Crippen molar-refractivity contribution in [3.63, 3.8) is 0 Å². The molecule has 2 heterocycles. The molecule has 0 spiro atoms. The molecule has 0 amide bonds. The van der Waals surface area contributed by atoms with Crippen LogP contribution in [0.4, 0.5) is 0 Å². The van der Waals surface area contributed by atoms with Crippen molar-refractivity contribution in [3.8, 4) is 11.1 Å². The van der Waals surface area contributed by atoms with Gasteiger partial charge in [-0.1, -0.05) is 24.3 Å². The number of carbonyl (C=O) groups is 1. The highest BCUT2D eigenvalue weighted by atomic mass is 16.6. The second-order valence-electron chi connectivity index (χ2n) is 7.90. The second-order valence-corrected chi connectivity index (χ2v) is 7.90. The summed E-state index contributed by atoms with van der Waals surface area (Å²) in [4.78, 5) is 11.2. The van der Waals surface area contributed by atoms with E-state index in [0.717, 1.165) is 33.3 Å². The molecule has 0 bridgehead atoms. The maximum atomic E-state index is 11.2. The number of aryl methyl sites for hydroxylation is 1. The molecule has 5 atom stereocenters. The molecule has 0 unspecified atom stereocenters. The number of aromatic nitrogens is 1. The Bertz CT molecular complexity index is 1120. The quantitative estimate of drug-likeness (QED) is 0.427. The van der Waals surface area contributed by atoms with E-state index in [9.17, 15) is 30.3 Å². The zero-order chi connectivity index (χ0) is 22.4. The van der Waals surface area contributed by atoms with Crippen LogP contribution in [0.15, 0.2) is 42.5 Å². The van der Waals surface area contributed by atoms with E-state index in [-0.39, 0.29) is 5.56 Å². The van der Waals surface area contributed by atoms with Crippen molar-refractivity contribution in [3.05, 3.63) is 59.3 Å². The maximum absolute atomic E-state index is 11.2. The van der Waals surface area contributed by atoms with Gasteiger partial charge in [0.1, 0.15) is 24.4 Å². The molecule has 4 rings (SSSR count). The third-order valence-corrected chi connectivity index (χ3v) is 6.03. The smallest absolute Gasteiger partial charge is 0.335 e. The van der Waals surface area contributed by atoms with Crippen molar-refractivity contribution in [1.82, 2.24) is 4.57 Å². The van der Waals surface area contributed by atoms with Gasteiger partial charge in [0.05, 0.1) is 17.7 Å². The Morgan fingerprint density at radius 1 is 1.00 bits per heavy atom. The summed E-state index contributed by atoms with van der Waals surface area (Å²) in [5.74, 6) is -1.01. The van der Waals surface area contributed by atoms with Gasteiger partial charge in [-0.05, 0) is 43.2 Å². The zero-order valence-corrected chi connectivity index (χ0v) is 17.1. The first kappa shape index (κ1) is 21.5. The number of ether oxygens (including phenoxy) is 1. The van der Waals surface area contributed by atoms with E-state index >= 15 is 0 Å². The Hall–Kier alpha value is -2.75. The van der Waals surface area contributed by atoms with Crippen LogP contribution in [0.3, 0.4) is 0 Å². The standard InChI is InChI=1S/C23H25NO7/c1-11-4-3-5-15-17(11)18(13-6-8-14(9-7-13)23(29)30)12(2)24(15)22-21(28)20(27)19(26)16(10-25)31-22/h3-9,16,19-22,25-28H,10H2,1-2H3,(H,29,30)/t16-,19-,20+,21-,22-/m1/s1. The second kappa shape index (κ2) is 8.07. The molecule has 0 aliphatic carbocycles. The number of hydrogen-bond acceptors (Lipinski definition) is 6. The molecule has 2 aromatic carbocycles. The first-order valence-electron chi connectivity index (χ1n) is 10.0. The van der Waals surface area contributed by atoms with Crippen LogP contribution >= 0.6 is 0 Å². The fourth-order valence-electron chi connectivity index (χ4n) is 4.42. The molecule has 31 heavy (non-hydrogen) atoms. The lowest BCUT2D eigenvalue weighted by atomic mass is 9.98. The van der Waals surface area contributed by atoms with E-state index in [1.54, 1.807) is 16.7 Å². The van der Waals surface area contributed by atoms with E-state index in [0.29, 0.717) is 0 Å². The monoisotopic (exact) mass is 427 g/mol. The molecular formula is C23H25NO7. The molecule has 164 valence electrons. The van der Waals surface area contributed by atoms with Gasteiger partial charge in [0.25, 0.3) is 0 Å². The minimum atomic E-state index is -1.49. The van der Waals surface area contributed by atoms with Crippen LogP contribution in [0.25, 0.3) is 22.0 Å². The van der Waals surface area contributed by atoms with E-state index in [1.165, 1.54) is 12.1 Å². The van der Waals surface area contributed by atoms with Crippen LogP contribution < -0.4 is 0 Å². The number of nitrogens with zero attached hydrogens (tertiary/aromatic N) is 1. The Kier molecular flexibility index (Phi) is 5.59. The summed E-state index contributed by atoms with van der Waals surface area (Å²) >= 11 is 0. The normalized spacial score (nSPS) is 26.3. The molecule has 3 aromatic rings. The highest BCUT2D eigenvalue weighted by Crippen LogP contribution is 2.41. The topological polar surface area (TPSA) is 132 Å². The summed E-state index contributed by atoms with van der Waals surface area (Å²) in [5, 5.41) is 50.8. The average molecular weight is 427 g/mol. The summed E-state index contributed by atoms with van der Waals surface area (Å²) < 4.78 is 7.58.